The highest BCUT2D eigenvalue weighted by Gasteiger charge is 2.37. The van der Waals surface area contributed by atoms with Gasteiger partial charge in [-0.1, -0.05) is 50.3 Å². The molecule has 2 heteroatoms. The van der Waals surface area contributed by atoms with E-state index in [0.29, 0.717) is 0 Å². The molecule has 0 N–H and O–H groups in total. The Hall–Kier alpha value is -2.35. The number of hydrogen-bond donors (Lipinski definition) is 0. The number of carbonyl (C=O) groups is 1. The molecule has 1 aromatic rings. The van der Waals surface area contributed by atoms with Crippen LogP contribution in [0.5, 0.6) is 0 Å². The molecule has 3 rings (SSSR count). The minimum atomic E-state index is -0.0559. The fourth-order valence-electron chi connectivity index (χ4n) is 3.09. The maximum atomic E-state index is 11.8. The van der Waals surface area contributed by atoms with E-state index in [1.807, 2.05) is 18.2 Å². The third-order valence-electron chi connectivity index (χ3n) is 4.28. The van der Waals surface area contributed by atoms with Gasteiger partial charge in [0.25, 0.3) is 0 Å². The molecule has 0 atom stereocenters. The van der Waals surface area contributed by atoms with E-state index in [0.717, 1.165) is 5.57 Å². The standard InChI is InChI=1S/C19H19NO/c1-19(2)15-9-5-6-10-16(15)20(3)18(19)13-12-14-8-4-7-11-17(14)21/h4-13H,1-3H3/b14-12+,18-13+. The van der Waals surface area contributed by atoms with Crippen molar-refractivity contribution >= 4 is 11.5 Å². The summed E-state index contributed by atoms with van der Waals surface area (Å²) in [6, 6.07) is 8.45. The molecule has 0 spiro atoms. The van der Waals surface area contributed by atoms with Crippen LogP contribution in [0.1, 0.15) is 19.4 Å². The lowest BCUT2D eigenvalue weighted by Gasteiger charge is -2.23. The molecular formula is C19H19NO. The summed E-state index contributed by atoms with van der Waals surface area (Å²) in [6.07, 6.45) is 11.1. The van der Waals surface area contributed by atoms with Gasteiger partial charge >= 0.3 is 0 Å². The Morgan fingerprint density at radius 1 is 1.05 bits per heavy atom. The second kappa shape index (κ2) is 4.88. The largest absolute Gasteiger partial charge is 0.347 e. The first-order valence-corrected chi connectivity index (χ1v) is 7.16. The second-order valence-electron chi connectivity index (χ2n) is 5.96. The molecule has 1 aromatic carbocycles. The van der Waals surface area contributed by atoms with E-state index >= 15 is 0 Å². The summed E-state index contributed by atoms with van der Waals surface area (Å²) in [6.45, 7) is 4.44. The number of anilines is 1. The van der Waals surface area contributed by atoms with Gasteiger partial charge in [-0.15, -0.1) is 0 Å². The zero-order valence-electron chi connectivity index (χ0n) is 12.6. The SMILES string of the molecule is CN1/C(=C/C=C2\C=CC=CC2=O)C(C)(C)c2ccccc21. The molecule has 2 aliphatic rings. The van der Waals surface area contributed by atoms with Gasteiger partial charge in [0, 0.05) is 29.4 Å². The molecule has 21 heavy (non-hydrogen) atoms. The molecule has 0 bridgehead atoms. The van der Waals surface area contributed by atoms with Gasteiger partial charge in [-0.3, -0.25) is 4.79 Å². The van der Waals surface area contributed by atoms with Crippen LogP contribution in [0.4, 0.5) is 5.69 Å². The van der Waals surface area contributed by atoms with E-state index in [-0.39, 0.29) is 11.2 Å². The molecule has 1 aliphatic heterocycles. The number of nitrogens with zero attached hydrogens (tertiary/aromatic N) is 1. The van der Waals surface area contributed by atoms with Crippen LogP contribution in [0.3, 0.4) is 0 Å². The van der Waals surface area contributed by atoms with E-state index in [4.69, 9.17) is 0 Å². The van der Waals surface area contributed by atoms with Crippen molar-refractivity contribution < 1.29 is 4.79 Å². The van der Waals surface area contributed by atoms with E-state index in [1.165, 1.54) is 16.9 Å². The summed E-state index contributed by atoms with van der Waals surface area (Å²) >= 11 is 0. The van der Waals surface area contributed by atoms with Crippen LogP contribution < -0.4 is 4.90 Å². The predicted molar refractivity (Wildman–Crippen MR) is 87.3 cm³/mol. The summed E-state index contributed by atoms with van der Waals surface area (Å²) < 4.78 is 0. The van der Waals surface area contributed by atoms with Gasteiger partial charge < -0.3 is 4.90 Å². The minimum Gasteiger partial charge on any atom is -0.347 e. The van der Waals surface area contributed by atoms with Crippen molar-refractivity contribution in [2.75, 3.05) is 11.9 Å². The average molecular weight is 277 g/mol. The molecule has 0 aromatic heterocycles. The van der Waals surface area contributed by atoms with Crippen molar-refractivity contribution in [3.63, 3.8) is 0 Å². The first-order chi connectivity index (χ1) is 10.0. The summed E-state index contributed by atoms with van der Waals surface area (Å²) in [4.78, 5) is 14.0. The Balaban J connectivity index is 2.02. The van der Waals surface area contributed by atoms with Crippen LogP contribution >= 0.6 is 0 Å². The maximum absolute atomic E-state index is 11.8. The van der Waals surface area contributed by atoms with E-state index in [1.54, 1.807) is 12.2 Å². The average Bonchev–Trinajstić information content (AvgIpc) is 2.67. The lowest BCUT2D eigenvalue weighted by molar-refractivity contribution is -0.111. The van der Waals surface area contributed by atoms with Gasteiger partial charge in [0.15, 0.2) is 5.78 Å². The lowest BCUT2D eigenvalue weighted by atomic mass is 9.83. The molecule has 0 amide bonds. The monoisotopic (exact) mass is 277 g/mol. The molecule has 2 nitrogen and oxygen atoms in total. The number of fused-ring (bicyclic) bond motifs is 1. The highest BCUT2D eigenvalue weighted by Crippen LogP contribution is 2.46. The molecule has 0 radical (unpaired) electrons. The predicted octanol–water partition coefficient (Wildman–Crippen LogP) is 3.92. The van der Waals surface area contributed by atoms with Crippen molar-refractivity contribution in [1.82, 2.24) is 0 Å². The maximum Gasteiger partial charge on any atom is 0.185 e. The van der Waals surface area contributed by atoms with Gasteiger partial charge in [-0.25, -0.2) is 0 Å². The molecule has 1 aliphatic carbocycles. The zero-order chi connectivity index (χ0) is 15.0. The smallest absolute Gasteiger partial charge is 0.185 e. The van der Waals surface area contributed by atoms with Crippen LogP contribution in [0.25, 0.3) is 0 Å². The van der Waals surface area contributed by atoms with Crippen LogP contribution in [0.2, 0.25) is 0 Å². The zero-order valence-corrected chi connectivity index (χ0v) is 12.6. The molecular weight excluding hydrogens is 258 g/mol. The lowest BCUT2D eigenvalue weighted by Crippen LogP contribution is -2.22. The molecule has 0 fully saturated rings. The third-order valence-corrected chi connectivity index (χ3v) is 4.28. The van der Waals surface area contributed by atoms with Crippen LogP contribution in [-0.4, -0.2) is 12.8 Å². The van der Waals surface area contributed by atoms with E-state index < -0.39 is 0 Å². The van der Waals surface area contributed by atoms with E-state index in [2.05, 4.69) is 56.1 Å². The van der Waals surface area contributed by atoms with Gasteiger partial charge in [0.2, 0.25) is 0 Å². The summed E-state index contributed by atoms with van der Waals surface area (Å²) in [5, 5.41) is 0. The molecule has 0 unspecified atom stereocenters. The Bertz CT molecular complexity index is 717. The number of allylic oxidation sites excluding steroid dienone is 8. The van der Waals surface area contributed by atoms with Crippen molar-refractivity contribution in [3.05, 3.63) is 77.6 Å². The third kappa shape index (κ3) is 2.17. The van der Waals surface area contributed by atoms with Crippen LogP contribution in [-0.2, 0) is 10.2 Å². The van der Waals surface area contributed by atoms with Gasteiger partial charge in [-0.2, -0.15) is 0 Å². The highest BCUT2D eigenvalue weighted by molar-refractivity contribution is 6.07. The Kier molecular flexibility index (Phi) is 3.17. The minimum absolute atomic E-state index is 0.0559. The fourth-order valence-corrected chi connectivity index (χ4v) is 3.09. The van der Waals surface area contributed by atoms with Crippen LogP contribution in [0, 0.1) is 0 Å². The molecule has 0 saturated heterocycles. The highest BCUT2D eigenvalue weighted by atomic mass is 16.1. The number of rotatable bonds is 1. The van der Waals surface area contributed by atoms with Crippen molar-refractivity contribution in [3.8, 4) is 0 Å². The number of para-hydroxylation sites is 1. The molecule has 106 valence electrons. The Morgan fingerprint density at radius 2 is 1.76 bits per heavy atom. The summed E-state index contributed by atoms with van der Waals surface area (Å²) in [7, 11) is 2.08. The number of hydrogen-bond acceptors (Lipinski definition) is 2. The molecule has 1 heterocycles. The number of benzene rings is 1. The first kappa shape index (κ1) is 13.6. The van der Waals surface area contributed by atoms with Crippen molar-refractivity contribution in [2.45, 2.75) is 19.3 Å². The van der Waals surface area contributed by atoms with Gasteiger partial charge in [0.05, 0.1) is 0 Å². The normalized spacial score (nSPS) is 23.2. The summed E-state index contributed by atoms with van der Waals surface area (Å²) in [5.74, 6) is 0.0605. The fraction of sp³-hybridized carbons (Fsp3) is 0.211. The molecule has 0 saturated carbocycles. The van der Waals surface area contributed by atoms with Gasteiger partial charge in [-0.05, 0) is 29.9 Å². The number of ketones is 1. The quantitative estimate of drug-likeness (QED) is 0.725. The Morgan fingerprint density at radius 3 is 2.48 bits per heavy atom. The number of likely N-dealkylation sites (N-methyl/N-ethyl adjacent to an activating group) is 1. The van der Waals surface area contributed by atoms with Crippen molar-refractivity contribution in [1.29, 1.82) is 0 Å². The topological polar surface area (TPSA) is 20.3 Å². The van der Waals surface area contributed by atoms with Crippen LogP contribution in [0.15, 0.2) is 72.0 Å². The summed E-state index contributed by atoms with van der Waals surface area (Å²) in [5.41, 5.74) is 4.43. The Labute approximate surface area is 125 Å². The van der Waals surface area contributed by atoms with Gasteiger partial charge in [0.1, 0.15) is 0 Å². The van der Waals surface area contributed by atoms with Crippen molar-refractivity contribution in [2.24, 2.45) is 0 Å². The number of carbonyl (C=O) groups excluding carboxylic acids is 1. The van der Waals surface area contributed by atoms with E-state index in [9.17, 15) is 4.79 Å². The second-order valence-corrected chi connectivity index (χ2v) is 5.96. The first-order valence-electron chi connectivity index (χ1n) is 7.16.